The van der Waals surface area contributed by atoms with Crippen LogP contribution in [-0.4, -0.2) is 23.6 Å². The van der Waals surface area contributed by atoms with Crippen molar-refractivity contribution >= 4 is 34.6 Å². The van der Waals surface area contributed by atoms with Gasteiger partial charge in [-0.2, -0.15) is 0 Å². The second-order valence-electron chi connectivity index (χ2n) is 8.93. The zero-order valence-electron chi connectivity index (χ0n) is 19.7. The fourth-order valence-corrected chi connectivity index (χ4v) is 5.28. The molecule has 4 rings (SSSR count). The van der Waals surface area contributed by atoms with Crippen LogP contribution >= 0.6 is 11.3 Å². The summed E-state index contributed by atoms with van der Waals surface area (Å²) in [6.45, 7) is 1.46. The lowest BCUT2D eigenvalue weighted by molar-refractivity contribution is -0.127. The predicted molar refractivity (Wildman–Crippen MR) is 136 cm³/mol. The average molecular weight is 493 g/mol. The second kappa shape index (κ2) is 11.4. The molecule has 1 unspecified atom stereocenters. The Hall–Kier alpha value is -3.32. The highest BCUT2D eigenvalue weighted by atomic mass is 32.1. The van der Waals surface area contributed by atoms with E-state index in [-0.39, 0.29) is 30.1 Å². The van der Waals surface area contributed by atoms with E-state index in [2.05, 4.69) is 5.32 Å². The topological polar surface area (TPSA) is 66.5 Å². The lowest BCUT2D eigenvalue weighted by Gasteiger charge is -2.33. The van der Waals surface area contributed by atoms with Crippen LogP contribution < -0.4 is 10.2 Å². The molecule has 2 amide bonds. The lowest BCUT2D eigenvalue weighted by atomic mass is 9.94. The van der Waals surface area contributed by atoms with Gasteiger partial charge in [0, 0.05) is 22.2 Å². The number of carbonyl (C=O) groups excluding carboxylic acids is 3. The summed E-state index contributed by atoms with van der Waals surface area (Å²) in [5, 5.41) is 5.02. The molecule has 182 valence electrons. The molecule has 1 aliphatic carbocycles. The van der Waals surface area contributed by atoms with E-state index < -0.39 is 11.9 Å². The van der Waals surface area contributed by atoms with Crippen molar-refractivity contribution < 1.29 is 18.8 Å². The number of halogens is 1. The minimum absolute atomic E-state index is 0.0245. The Morgan fingerprint density at radius 1 is 1.03 bits per heavy atom. The van der Waals surface area contributed by atoms with E-state index in [0.29, 0.717) is 16.8 Å². The van der Waals surface area contributed by atoms with Crippen molar-refractivity contribution in [3.05, 3.63) is 87.9 Å². The summed E-state index contributed by atoms with van der Waals surface area (Å²) in [5.41, 5.74) is 1.25. The number of Topliss-reactive ketones (excluding diaryl/α,β-unsaturated/α-hetero) is 1. The van der Waals surface area contributed by atoms with E-state index in [4.69, 9.17) is 0 Å². The van der Waals surface area contributed by atoms with E-state index in [1.165, 1.54) is 41.4 Å². The van der Waals surface area contributed by atoms with Crippen molar-refractivity contribution in [3.63, 3.8) is 0 Å². The Labute approximate surface area is 209 Å². The molecule has 5 nitrogen and oxygen atoms in total. The highest BCUT2D eigenvalue weighted by Crippen LogP contribution is 2.31. The predicted octanol–water partition coefficient (Wildman–Crippen LogP) is 5.86. The number of carbonyl (C=O) groups is 3. The van der Waals surface area contributed by atoms with Crippen LogP contribution in [0.25, 0.3) is 0 Å². The van der Waals surface area contributed by atoms with Gasteiger partial charge in [0.2, 0.25) is 11.8 Å². The number of rotatable bonds is 8. The molecule has 0 bridgehead atoms. The quantitative estimate of drug-likeness (QED) is 0.401. The largest absolute Gasteiger partial charge is 0.351 e. The number of ketones is 1. The first-order valence-corrected chi connectivity index (χ1v) is 12.8. The second-order valence-corrected chi connectivity index (χ2v) is 9.96. The Morgan fingerprint density at radius 3 is 2.49 bits per heavy atom. The molecule has 1 aromatic heterocycles. The van der Waals surface area contributed by atoms with Crippen molar-refractivity contribution in [1.29, 1.82) is 0 Å². The van der Waals surface area contributed by atoms with Crippen LogP contribution in [0.5, 0.6) is 0 Å². The first kappa shape index (κ1) is 24.8. The fraction of sp³-hybridized carbons (Fsp3) is 0.321. The lowest BCUT2D eigenvalue weighted by Crippen LogP contribution is -2.47. The number of anilines is 1. The maximum absolute atomic E-state index is 14.3. The summed E-state index contributed by atoms with van der Waals surface area (Å²) in [6, 6.07) is 15.2. The SMILES string of the molecule is CC(=O)c1cccc(C(C(=O)NC2CCCCC2)N(C(=O)Cc2cccs2)c2cccc(F)c2)c1. The van der Waals surface area contributed by atoms with Crippen molar-refractivity contribution in [1.82, 2.24) is 5.32 Å². The summed E-state index contributed by atoms with van der Waals surface area (Å²) in [6.07, 6.45) is 5.07. The molecule has 1 fully saturated rings. The van der Waals surface area contributed by atoms with Crippen LogP contribution in [0.1, 0.15) is 65.9 Å². The van der Waals surface area contributed by atoms with Crippen LogP contribution in [0.3, 0.4) is 0 Å². The molecule has 1 saturated carbocycles. The summed E-state index contributed by atoms with van der Waals surface area (Å²) < 4.78 is 14.3. The molecule has 3 aromatic rings. The highest BCUT2D eigenvalue weighted by molar-refractivity contribution is 7.10. The zero-order valence-corrected chi connectivity index (χ0v) is 20.5. The van der Waals surface area contributed by atoms with Gasteiger partial charge in [-0.15, -0.1) is 11.3 Å². The van der Waals surface area contributed by atoms with Gasteiger partial charge in [-0.25, -0.2) is 4.39 Å². The highest BCUT2D eigenvalue weighted by Gasteiger charge is 2.34. The third kappa shape index (κ3) is 6.22. The number of nitrogens with zero attached hydrogens (tertiary/aromatic N) is 1. The molecular weight excluding hydrogens is 463 g/mol. The molecule has 0 saturated heterocycles. The summed E-state index contributed by atoms with van der Waals surface area (Å²) in [4.78, 5) is 41.9. The normalized spacial score (nSPS) is 14.8. The average Bonchev–Trinajstić information content (AvgIpc) is 3.36. The van der Waals surface area contributed by atoms with Gasteiger partial charge in [-0.05, 0) is 61.0 Å². The Bertz CT molecular complexity index is 1190. The molecule has 1 atom stereocenters. The standard InChI is InChI=1S/C28H29FN2O3S/c1-19(32)20-8-5-9-21(16-20)27(28(34)30-23-11-3-2-4-12-23)31(24-13-6-10-22(29)17-24)26(33)18-25-14-7-15-35-25/h5-10,13-17,23,27H,2-4,11-12,18H2,1H3,(H,30,34). The molecule has 0 radical (unpaired) electrons. The molecule has 0 aliphatic heterocycles. The summed E-state index contributed by atoms with van der Waals surface area (Å²) in [7, 11) is 0. The maximum Gasteiger partial charge on any atom is 0.248 e. The molecule has 1 heterocycles. The molecule has 0 spiro atoms. The van der Waals surface area contributed by atoms with Gasteiger partial charge in [0.15, 0.2) is 5.78 Å². The van der Waals surface area contributed by atoms with Gasteiger partial charge in [-0.3, -0.25) is 19.3 Å². The fourth-order valence-electron chi connectivity index (χ4n) is 4.58. The number of nitrogens with one attached hydrogen (secondary N) is 1. The Morgan fingerprint density at radius 2 is 1.80 bits per heavy atom. The van der Waals surface area contributed by atoms with Gasteiger partial charge in [-0.1, -0.05) is 49.6 Å². The minimum Gasteiger partial charge on any atom is -0.351 e. The molecule has 35 heavy (non-hydrogen) atoms. The minimum atomic E-state index is -1.05. The van der Waals surface area contributed by atoms with Crippen molar-refractivity contribution in [2.75, 3.05) is 4.90 Å². The van der Waals surface area contributed by atoms with Crippen LogP contribution in [0.4, 0.5) is 10.1 Å². The summed E-state index contributed by atoms with van der Waals surface area (Å²) >= 11 is 1.45. The van der Waals surface area contributed by atoms with Crippen LogP contribution in [0, 0.1) is 5.82 Å². The van der Waals surface area contributed by atoms with Gasteiger partial charge in [0.1, 0.15) is 11.9 Å². The third-order valence-corrected chi connectivity index (χ3v) is 7.20. The monoisotopic (exact) mass is 492 g/mol. The van der Waals surface area contributed by atoms with Crippen LogP contribution in [-0.2, 0) is 16.0 Å². The Balaban J connectivity index is 1.79. The maximum atomic E-state index is 14.3. The smallest absolute Gasteiger partial charge is 0.248 e. The van der Waals surface area contributed by atoms with Crippen LogP contribution in [0.15, 0.2) is 66.0 Å². The zero-order chi connectivity index (χ0) is 24.8. The van der Waals surface area contributed by atoms with E-state index >= 15 is 0 Å². The number of hydrogen-bond acceptors (Lipinski definition) is 4. The van der Waals surface area contributed by atoms with E-state index in [1.54, 1.807) is 30.3 Å². The van der Waals surface area contributed by atoms with Crippen LogP contribution in [0.2, 0.25) is 0 Å². The number of benzene rings is 2. The summed E-state index contributed by atoms with van der Waals surface area (Å²) in [5.74, 6) is -1.29. The molecule has 2 aromatic carbocycles. The van der Waals surface area contributed by atoms with Crippen molar-refractivity contribution in [2.45, 2.75) is 57.5 Å². The van der Waals surface area contributed by atoms with Crippen molar-refractivity contribution in [3.8, 4) is 0 Å². The third-order valence-electron chi connectivity index (χ3n) is 6.33. The number of hydrogen-bond donors (Lipinski definition) is 1. The molecule has 1 aliphatic rings. The first-order valence-electron chi connectivity index (χ1n) is 11.9. The molecular formula is C28H29FN2O3S. The number of amides is 2. The first-order chi connectivity index (χ1) is 16.9. The Kier molecular flexibility index (Phi) is 8.08. The van der Waals surface area contributed by atoms with Gasteiger partial charge in [0.05, 0.1) is 6.42 Å². The van der Waals surface area contributed by atoms with E-state index in [0.717, 1.165) is 37.0 Å². The van der Waals surface area contributed by atoms with Gasteiger partial charge >= 0.3 is 0 Å². The molecule has 1 N–H and O–H groups in total. The van der Waals surface area contributed by atoms with E-state index in [9.17, 15) is 18.8 Å². The van der Waals surface area contributed by atoms with E-state index in [1.807, 2.05) is 17.5 Å². The van der Waals surface area contributed by atoms with Gasteiger partial charge < -0.3 is 5.32 Å². The van der Waals surface area contributed by atoms with Gasteiger partial charge in [0.25, 0.3) is 0 Å². The molecule has 7 heteroatoms. The van der Waals surface area contributed by atoms with Crippen molar-refractivity contribution in [2.24, 2.45) is 0 Å². The number of thiophene rings is 1.